The van der Waals surface area contributed by atoms with Gasteiger partial charge in [-0.3, -0.25) is 0 Å². The van der Waals surface area contributed by atoms with E-state index < -0.39 is 5.31 Å². The molecular weight excluding hydrogens is 323 g/mol. The second-order valence-electron chi connectivity index (χ2n) is 5.51. The molecular formula is C15H34BrO2P. The number of halogens is 1. The fourth-order valence-electron chi connectivity index (χ4n) is 3.18. The predicted molar refractivity (Wildman–Crippen MR) is 93.2 cm³/mol. The molecule has 0 radical (unpaired) electrons. The van der Waals surface area contributed by atoms with Crippen LogP contribution >= 0.6 is 20.8 Å². The van der Waals surface area contributed by atoms with Crippen LogP contribution in [-0.4, -0.2) is 44.2 Å². The third-order valence-electron chi connectivity index (χ3n) is 3.66. The van der Waals surface area contributed by atoms with Gasteiger partial charge in [-0.05, 0) is 0 Å². The predicted octanol–water partition coefficient (Wildman–Crippen LogP) is 5.48. The minimum absolute atomic E-state index is 0.0308. The molecule has 0 aromatic heterocycles. The standard InChI is InChI=1S/C15H34BrO2P/c1-6-11-19(16,12-7-2,13-8-3)14-15(17-9-4)18-10-5/h15H,6-14H2,1-5H3. The molecule has 0 atom stereocenters. The molecule has 0 amide bonds. The molecule has 0 rings (SSSR count). The Balaban J connectivity index is 5.06. The summed E-state index contributed by atoms with van der Waals surface area (Å²) < 4.78 is 11.6. The van der Waals surface area contributed by atoms with Gasteiger partial charge < -0.3 is 0 Å². The topological polar surface area (TPSA) is 18.5 Å². The van der Waals surface area contributed by atoms with Crippen LogP contribution < -0.4 is 0 Å². The molecule has 0 N–H and O–H groups in total. The van der Waals surface area contributed by atoms with Gasteiger partial charge in [0.25, 0.3) is 0 Å². The van der Waals surface area contributed by atoms with Crippen molar-refractivity contribution in [2.75, 3.05) is 37.9 Å². The first-order chi connectivity index (χ1) is 8.97. The molecule has 2 nitrogen and oxygen atoms in total. The summed E-state index contributed by atoms with van der Waals surface area (Å²) in [6, 6.07) is 0. The van der Waals surface area contributed by atoms with Crippen molar-refractivity contribution in [1.82, 2.24) is 0 Å². The van der Waals surface area contributed by atoms with Crippen LogP contribution in [0.3, 0.4) is 0 Å². The van der Waals surface area contributed by atoms with E-state index in [1.165, 1.54) is 37.7 Å². The summed E-state index contributed by atoms with van der Waals surface area (Å²) in [5.41, 5.74) is 0. The molecule has 0 aromatic carbocycles. The van der Waals surface area contributed by atoms with Crippen molar-refractivity contribution in [2.24, 2.45) is 0 Å². The third kappa shape index (κ3) is 6.89. The number of hydrogen-bond acceptors (Lipinski definition) is 2. The second kappa shape index (κ2) is 9.71. The average molecular weight is 357 g/mol. The van der Waals surface area contributed by atoms with Crippen LogP contribution in [0.25, 0.3) is 0 Å². The van der Waals surface area contributed by atoms with E-state index in [1.54, 1.807) is 0 Å². The van der Waals surface area contributed by atoms with E-state index in [4.69, 9.17) is 9.47 Å². The molecule has 0 aliphatic heterocycles. The summed E-state index contributed by atoms with van der Waals surface area (Å²) in [6.07, 6.45) is 8.70. The van der Waals surface area contributed by atoms with Gasteiger partial charge in [-0.25, -0.2) is 0 Å². The van der Waals surface area contributed by atoms with E-state index in [9.17, 15) is 0 Å². The first-order valence-corrected chi connectivity index (χ1v) is 12.9. The maximum atomic E-state index is 5.82. The second-order valence-corrected chi connectivity index (χ2v) is 16.9. The summed E-state index contributed by atoms with van der Waals surface area (Å²) >= 11 is 4.28. The fourth-order valence-corrected chi connectivity index (χ4v) is 12.6. The quantitative estimate of drug-likeness (QED) is 0.340. The Hall–Kier alpha value is 0.830. The van der Waals surface area contributed by atoms with Gasteiger partial charge in [0, 0.05) is 0 Å². The number of hydrogen-bond donors (Lipinski definition) is 0. The van der Waals surface area contributed by atoms with Crippen LogP contribution in [0.5, 0.6) is 0 Å². The maximum absolute atomic E-state index is 5.82. The van der Waals surface area contributed by atoms with E-state index in [1.807, 2.05) is 0 Å². The zero-order valence-electron chi connectivity index (χ0n) is 13.6. The van der Waals surface area contributed by atoms with Crippen molar-refractivity contribution in [3.8, 4) is 0 Å². The molecule has 0 aliphatic rings. The molecule has 0 spiro atoms. The molecule has 0 aromatic rings. The third-order valence-corrected chi connectivity index (χ3v) is 13.6. The van der Waals surface area contributed by atoms with Crippen LogP contribution in [0.1, 0.15) is 53.9 Å². The van der Waals surface area contributed by atoms with E-state index in [2.05, 4.69) is 50.1 Å². The van der Waals surface area contributed by atoms with E-state index in [0.717, 1.165) is 19.4 Å². The van der Waals surface area contributed by atoms with Gasteiger partial charge in [-0.2, -0.15) is 0 Å². The Bertz CT molecular complexity index is 210. The zero-order chi connectivity index (χ0) is 14.8. The van der Waals surface area contributed by atoms with Crippen molar-refractivity contribution in [1.29, 1.82) is 0 Å². The van der Waals surface area contributed by atoms with Crippen molar-refractivity contribution >= 4 is 20.8 Å². The van der Waals surface area contributed by atoms with Gasteiger partial charge in [0.05, 0.1) is 0 Å². The van der Waals surface area contributed by atoms with Crippen molar-refractivity contribution in [3.05, 3.63) is 0 Å². The summed E-state index contributed by atoms with van der Waals surface area (Å²) in [5.74, 6) is 0. The Morgan fingerprint density at radius 3 is 1.42 bits per heavy atom. The first kappa shape index (κ1) is 19.8. The Kier molecular flexibility index (Phi) is 10.1. The minimum atomic E-state index is -1.85. The van der Waals surface area contributed by atoms with E-state index in [0.29, 0.717) is 0 Å². The number of rotatable bonds is 12. The molecule has 0 heterocycles. The number of ether oxygens (including phenoxy) is 2. The van der Waals surface area contributed by atoms with Crippen LogP contribution in [0.2, 0.25) is 0 Å². The van der Waals surface area contributed by atoms with Crippen LogP contribution in [0.15, 0.2) is 0 Å². The van der Waals surface area contributed by atoms with Gasteiger partial charge in [0.2, 0.25) is 0 Å². The first-order valence-electron chi connectivity index (χ1n) is 7.93. The van der Waals surface area contributed by atoms with Crippen molar-refractivity contribution in [3.63, 3.8) is 0 Å². The van der Waals surface area contributed by atoms with Gasteiger partial charge in [-0.1, -0.05) is 0 Å². The zero-order valence-corrected chi connectivity index (χ0v) is 16.1. The van der Waals surface area contributed by atoms with Crippen LogP contribution in [0.4, 0.5) is 0 Å². The monoisotopic (exact) mass is 356 g/mol. The van der Waals surface area contributed by atoms with Crippen LogP contribution in [0, 0.1) is 0 Å². The van der Waals surface area contributed by atoms with Gasteiger partial charge in [0.15, 0.2) is 0 Å². The van der Waals surface area contributed by atoms with Gasteiger partial charge in [0.1, 0.15) is 0 Å². The SMILES string of the molecule is CCCP(Br)(CCC)(CCC)CC(OCC)OCC. The molecule has 0 unspecified atom stereocenters. The summed E-state index contributed by atoms with van der Waals surface area (Å²) in [7, 11) is 0. The van der Waals surface area contributed by atoms with Crippen molar-refractivity contribution in [2.45, 2.75) is 60.2 Å². The fraction of sp³-hybridized carbons (Fsp3) is 1.00. The molecule has 4 heteroatoms. The van der Waals surface area contributed by atoms with Gasteiger partial charge >= 0.3 is 128 Å². The molecule has 0 aliphatic carbocycles. The van der Waals surface area contributed by atoms with Crippen LogP contribution in [-0.2, 0) is 9.47 Å². The molecule has 0 saturated heterocycles. The van der Waals surface area contributed by atoms with Gasteiger partial charge in [-0.15, -0.1) is 0 Å². The Morgan fingerprint density at radius 2 is 1.16 bits per heavy atom. The summed E-state index contributed by atoms with van der Waals surface area (Å²) in [4.78, 5) is 0. The Labute approximate surface area is 128 Å². The molecule has 19 heavy (non-hydrogen) atoms. The normalized spacial score (nSPS) is 14.6. The Morgan fingerprint density at radius 1 is 0.789 bits per heavy atom. The molecule has 118 valence electrons. The average Bonchev–Trinajstić information content (AvgIpc) is 2.30. The molecule has 0 saturated carbocycles. The van der Waals surface area contributed by atoms with E-state index in [-0.39, 0.29) is 6.29 Å². The molecule has 0 fully saturated rings. The summed E-state index contributed by atoms with van der Waals surface area (Å²) in [5, 5.41) is -1.85. The molecule has 0 bridgehead atoms. The van der Waals surface area contributed by atoms with Crippen molar-refractivity contribution < 1.29 is 9.47 Å². The van der Waals surface area contributed by atoms with E-state index >= 15 is 0 Å². The summed E-state index contributed by atoms with van der Waals surface area (Å²) in [6.45, 7) is 12.4.